The van der Waals surface area contributed by atoms with Gasteiger partial charge in [-0.25, -0.2) is 4.98 Å². The Labute approximate surface area is 114 Å². The molecule has 19 heavy (non-hydrogen) atoms. The van der Waals surface area contributed by atoms with Crippen molar-refractivity contribution in [1.29, 1.82) is 0 Å². The number of rotatable bonds is 3. The summed E-state index contributed by atoms with van der Waals surface area (Å²) in [7, 11) is 0. The van der Waals surface area contributed by atoms with E-state index >= 15 is 0 Å². The van der Waals surface area contributed by atoms with E-state index in [2.05, 4.69) is 20.3 Å². The Kier molecular flexibility index (Phi) is 3.91. The van der Waals surface area contributed by atoms with Crippen LogP contribution in [0.5, 0.6) is 11.8 Å². The molecule has 0 aliphatic heterocycles. The molecule has 2 rings (SSSR count). The second-order valence-corrected chi connectivity index (χ2v) is 4.08. The Morgan fingerprint density at radius 1 is 1.32 bits per heavy atom. The van der Waals surface area contributed by atoms with Gasteiger partial charge in [0.05, 0.1) is 0 Å². The lowest BCUT2D eigenvalue weighted by molar-refractivity contribution is -0.114. The second-order valence-electron chi connectivity index (χ2n) is 3.75. The van der Waals surface area contributed by atoms with E-state index < -0.39 is 0 Å². The SMILES string of the molecule is CC(=O)Nc1cccc(Oc2nc(C)nc(Cl)n2)c1. The zero-order valence-electron chi connectivity index (χ0n) is 10.3. The number of halogens is 1. The number of anilines is 1. The number of nitrogens with zero attached hydrogens (tertiary/aromatic N) is 3. The average molecular weight is 279 g/mol. The van der Waals surface area contributed by atoms with Crippen LogP contribution in [0.15, 0.2) is 24.3 Å². The van der Waals surface area contributed by atoms with Crippen LogP contribution in [0, 0.1) is 6.92 Å². The van der Waals surface area contributed by atoms with Crippen molar-refractivity contribution >= 4 is 23.2 Å². The summed E-state index contributed by atoms with van der Waals surface area (Å²) in [5.74, 6) is 0.803. The Hall–Kier alpha value is -2.21. The van der Waals surface area contributed by atoms with Crippen LogP contribution in [0.4, 0.5) is 5.69 Å². The fourth-order valence-corrected chi connectivity index (χ4v) is 1.61. The smallest absolute Gasteiger partial charge is 0.326 e. The third-order valence-corrected chi connectivity index (χ3v) is 2.23. The van der Waals surface area contributed by atoms with Gasteiger partial charge in [-0.3, -0.25) is 4.79 Å². The molecular formula is C12H11ClN4O2. The maximum Gasteiger partial charge on any atom is 0.326 e. The molecule has 0 unspecified atom stereocenters. The molecule has 0 radical (unpaired) electrons. The predicted molar refractivity (Wildman–Crippen MR) is 70.4 cm³/mol. The third kappa shape index (κ3) is 3.89. The number of amides is 1. The molecule has 6 nitrogen and oxygen atoms in total. The van der Waals surface area contributed by atoms with Gasteiger partial charge in [0.15, 0.2) is 0 Å². The summed E-state index contributed by atoms with van der Waals surface area (Å²) >= 11 is 5.72. The van der Waals surface area contributed by atoms with E-state index in [4.69, 9.17) is 16.3 Å². The maximum absolute atomic E-state index is 11.0. The van der Waals surface area contributed by atoms with Gasteiger partial charge in [0.25, 0.3) is 0 Å². The molecule has 1 aromatic heterocycles. The number of hydrogen-bond acceptors (Lipinski definition) is 5. The lowest BCUT2D eigenvalue weighted by Crippen LogP contribution is -2.05. The van der Waals surface area contributed by atoms with Crippen molar-refractivity contribution in [3.05, 3.63) is 35.4 Å². The second kappa shape index (κ2) is 5.62. The van der Waals surface area contributed by atoms with Gasteiger partial charge in [0.2, 0.25) is 11.2 Å². The highest BCUT2D eigenvalue weighted by Gasteiger charge is 2.05. The largest absolute Gasteiger partial charge is 0.424 e. The molecule has 0 atom stereocenters. The minimum absolute atomic E-state index is 0.0699. The molecule has 0 aliphatic carbocycles. The summed E-state index contributed by atoms with van der Waals surface area (Å²) in [5.41, 5.74) is 0.627. The molecule has 1 N–H and O–H groups in total. The summed E-state index contributed by atoms with van der Waals surface area (Å²) in [6.07, 6.45) is 0. The lowest BCUT2D eigenvalue weighted by Gasteiger charge is -2.06. The molecule has 0 saturated carbocycles. The zero-order chi connectivity index (χ0) is 13.8. The van der Waals surface area contributed by atoms with Crippen molar-refractivity contribution < 1.29 is 9.53 Å². The molecule has 1 amide bonds. The fourth-order valence-electron chi connectivity index (χ4n) is 1.42. The van der Waals surface area contributed by atoms with E-state index in [1.807, 2.05) is 0 Å². The van der Waals surface area contributed by atoms with Gasteiger partial charge in [-0.1, -0.05) is 6.07 Å². The minimum atomic E-state index is -0.156. The van der Waals surface area contributed by atoms with Crippen molar-refractivity contribution in [2.45, 2.75) is 13.8 Å². The number of carbonyl (C=O) groups excluding carboxylic acids is 1. The van der Waals surface area contributed by atoms with Crippen molar-refractivity contribution in [1.82, 2.24) is 15.0 Å². The highest BCUT2D eigenvalue weighted by atomic mass is 35.5. The monoisotopic (exact) mass is 278 g/mol. The topological polar surface area (TPSA) is 77.0 Å². The molecule has 2 aromatic rings. The van der Waals surface area contributed by atoms with Gasteiger partial charge in [0, 0.05) is 18.7 Å². The maximum atomic E-state index is 11.0. The van der Waals surface area contributed by atoms with E-state index in [1.54, 1.807) is 31.2 Å². The van der Waals surface area contributed by atoms with Gasteiger partial charge < -0.3 is 10.1 Å². The van der Waals surface area contributed by atoms with Crippen LogP contribution < -0.4 is 10.1 Å². The minimum Gasteiger partial charge on any atom is -0.424 e. The first kappa shape index (κ1) is 13.2. The fraction of sp³-hybridized carbons (Fsp3) is 0.167. The number of benzene rings is 1. The standard InChI is InChI=1S/C12H11ClN4O2/c1-7-14-11(13)17-12(15-7)19-10-5-3-4-9(6-10)16-8(2)18/h3-6H,1-2H3,(H,16,18). The first-order valence-electron chi connectivity index (χ1n) is 5.46. The Morgan fingerprint density at radius 2 is 2.11 bits per heavy atom. The zero-order valence-corrected chi connectivity index (χ0v) is 11.1. The van der Waals surface area contributed by atoms with Crippen LogP contribution in [0.25, 0.3) is 0 Å². The molecular weight excluding hydrogens is 268 g/mol. The van der Waals surface area contributed by atoms with Crippen molar-refractivity contribution in [2.75, 3.05) is 5.32 Å². The van der Waals surface area contributed by atoms with E-state index in [1.165, 1.54) is 6.92 Å². The van der Waals surface area contributed by atoms with E-state index in [-0.39, 0.29) is 17.2 Å². The van der Waals surface area contributed by atoms with Crippen LogP contribution >= 0.6 is 11.6 Å². The number of hydrogen-bond donors (Lipinski definition) is 1. The molecule has 0 saturated heterocycles. The van der Waals surface area contributed by atoms with E-state index in [9.17, 15) is 4.79 Å². The van der Waals surface area contributed by atoms with Crippen molar-refractivity contribution in [3.8, 4) is 11.8 Å². The molecule has 0 fully saturated rings. The highest BCUT2D eigenvalue weighted by Crippen LogP contribution is 2.22. The molecule has 1 heterocycles. The number of ether oxygens (including phenoxy) is 1. The van der Waals surface area contributed by atoms with Crippen LogP contribution in [0.2, 0.25) is 5.28 Å². The van der Waals surface area contributed by atoms with Crippen LogP contribution in [0.3, 0.4) is 0 Å². The van der Waals surface area contributed by atoms with E-state index in [0.717, 1.165) is 0 Å². The number of aromatic nitrogens is 3. The average Bonchev–Trinajstić information content (AvgIpc) is 2.26. The van der Waals surface area contributed by atoms with E-state index in [0.29, 0.717) is 17.3 Å². The quantitative estimate of drug-likeness (QED) is 0.934. The molecule has 98 valence electrons. The molecule has 1 aromatic carbocycles. The Bertz CT molecular complexity index is 598. The van der Waals surface area contributed by atoms with Crippen LogP contribution in [-0.2, 0) is 4.79 Å². The summed E-state index contributed by atoms with van der Waals surface area (Å²) < 4.78 is 5.46. The summed E-state index contributed by atoms with van der Waals surface area (Å²) in [4.78, 5) is 22.7. The summed E-state index contributed by atoms with van der Waals surface area (Å²) in [6, 6.07) is 6.99. The van der Waals surface area contributed by atoms with Crippen molar-refractivity contribution in [2.24, 2.45) is 0 Å². The Morgan fingerprint density at radius 3 is 2.79 bits per heavy atom. The number of aryl methyl sites for hydroxylation is 1. The van der Waals surface area contributed by atoms with Gasteiger partial charge >= 0.3 is 6.01 Å². The third-order valence-electron chi connectivity index (χ3n) is 2.06. The summed E-state index contributed by atoms with van der Waals surface area (Å²) in [5, 5.41) is 2.73. The van der Waals surface area contributed by atoms with Crippen LogP contribution in [0.1, 0.15) is 12.7 Å². The first-order chi connectivity index (χ1) is 9.02. The highest BCUT2D eigenvalue weighted by molar-refractivity contribution is 6.28. The van der Waals surface area contributed by atoms with Gasteiger partial charge in [-0.2, -0.15) is 9.97 Å². The first-order valence-corrected chi connectivity index (χ1v) is 5.84. The van der Waals surface area contributed by atoms with Crippen LogP contribution in [-0.4, -0.2) is 20.9 Å². The van der Waals surface area contributed by atoms with Gasteiger partial charge in [-0.05, 0) is 30.7 Å². The summed E-state index contributed by atoms with van der Waals surface area (Å²) in [6.45, 7) is 3.12. The van der Waals surface area contributed by atoms with Crippen molar-refractivity contribution in [3.63, 3.8) is 0 Å². The molecule has 7 heteroatoms. The number of nitrogens with one attached hydrogen (secondary N) is 1. The lowest BCUT2D eigenvalue weighted by atomic mass is 10.3. The molecule has 0 bridgehead atoms. The Balaban J connectivity index is 2.20. The predicted octanol–water partition coefficient (Wildman–Crippen LogP) is 2.58. The molecule has 0 aliphatic rings. The number of carbonyl (C=O) groups is 1. The van der Waals surface area contributed by atoms with Gasteiger partial charge in [0.1, 0.15) is 11.6 Å². The van der Waals surface area contributed by atoms with Gasteiger partial charge in [-0.15, -0.1) is 0 Å². The molecule has 0 spiro atoms. The normalized spacial score (nSPS) is 10.1.